The summed E-state index contributed by atoms with van der Waals surface area (Å²) >= 11 is 0. The molecule has 0 saturated carbocycles. The van der Waals surface area contributed by atoms with Crippen molar-refractivity contribution in [2.75, 3.05) is 12.0 Å². The summed E-state index contributed by atoms with van der Waals surface area (Å²) in [7, 11) is 1.54. The maximum atomic E-state index is 14.7. The van der Waals surface area contributed by atoms with Crippen molar-refractivity contribution in [3.8, 4) is 5.75 Å². The molecule has 0 bridgehead atoms. The number of Topliss-reactive ketones (excluding diaryl/α,β-unsaturated/α-hetero) is 3. The summed E-state index contributed by atoms with van der Waals surface area (Å²) in [6.07, 6.45) is 3.74. The van der Waals surface area contributed by atoms with E-state index in [4.69, 9.17) is 4.74 Å². The lowest BCUT2D eigenvalue weighted by atomic mass is 9.64. The molecule has 3 atom stereocenters. The highest BCUT2D eigenvalue weighted by Gasteiger charge is 2.71. The molecule has 0 unspecified atom stereocenters. The van der Waals surface area contributed by atoms with Crippen LogP contribution >= 0.6 is 0 Å². The first-order valence-electron chi connectivity index (χ1n) is 13.5. The normalized spacial score (nSPS) is 21.2. The molecule has 4 aromatic carbocycles. The van der Waals surface area contributed by atoms with Crippen LogP contribution in [0.1, 0.15) is 48.1 Å². The molecule has 1 fully saturated rings. The molecule has 1 spiro atoms. The molecule has 7 rings (SSSR count). The van der Waals surface area contributed by atoms with Crippen LogP contribution in [0.25, 0.3) is 6.08 Å². The Morgan fingerprint density at radius 1 is 0.881 bits per heavy atom. The molecule has 4 aromatic rings. The van der Waals surface area contributed by atoms with Gasteiger partial charge < -0.3 is 9.64 Å². The zero-order valence-corrected chi connectivity index (χ0v) is 22.5. The number of benzene rings is 4. The molecule has 0 N–H and O–H groups in total. The zero-order valence-electron chi connectivity index (χ0n) is 22.5. The average molecular weight is 557 g/mol. The molecule has 2 aliphatic heterocycles. The number of non-ortho nitro benzene ring substituents is 1. The number of hydrogen-bond acceptors (Lipinski definition) is 7. The van der Waals surface area contributed by atoms with E-state index >= 15 is 0 Å². The third-order valence-corrected chi connectivity index (χ3v) is 8.80. The summed E-state index contributed by atoms with van der Waals surface area (Å²) in [4.78, 5) is 56.9. The van der Waals surface area contributed by atoms with Gasteiger partial charge in [0, 0.05) is 40.4 Å². The van der Waals surface area contributed by atoms with Crippen LogP contribution in [-0.4, -0.2) is 41.5 Å². The molecule has 0 radical (unpaired) electrons. The molecule has 0 amide bonds. The van der Waals surface area contributed by atoms with Gasteiger partial charge in [0.15, 0.2) is 17.3 Å². The fourth-order valence-corrected chi connectivity index (χ4v) is 7.05. The molecule has 1 saturated heterocycles. The molecule has 206 valence electrons. The second-order valence-electron chi connectivity index (χ2n) is 10.7. The van der Waals surface area contributed by atoms with Gasteiger partial charge in [0.1, 0.15) is 17.2 Å². The van der Waals surface area contributed by atoms with Crippen LogP contribution in [0.3, 0.4) is 0 Å². The number of nitrogens with zero attached hydrogens (tertiary/aromatic N) is 2. The molecule has 8 nitrogen and oxygen atoms in total. The summed E-state index contributed by atoms with van der Waals surface area (Å²) in [5.41, 5.74) is 1.09. The standard InChI is InChI=1S/C34H24N2O6/c1-42-24-16-13-21(14-17-24)29-30(31(37)22-8-6-9-23(19-22)36(40)41)35-27-12-5-2-7-20(27)15-18-28(35)34(29)32(38)25-10-3-4-11-26(25)33(34)39/h2-19,28-30H,1H3/t28-,29-,30-/m1/s1. The van der Waals surface area contributed by atoms with E-state index in [-0.39, 0.29) is 22.8 Å². The van der Waals surface area contributed by atoms with E-state index in [2.05, 4.69) is 0 Å². The topological polar surface area (TPSA) is 107 Å². The Hall–Kier alpha value is -5.37. The number of nitro groups is 1. The Morgan fingerprint density at radius 3 is 2.21 bits per heavy atom. The zero-order chi connectivity index (χ0) is 29.2. The predicted molar refractivity (Wildman–Crippen MR) is 156 cm³/mol. The summed E-state index contributed by atoms with van der Waals surface area (Å²) < 4.78 is 5.38. The first-order chi connectivity index (χ1) is 20.4. The minimum atomic E-state index is -1.65. The summed E-state index contributed by atoms with van der Waals surface area (Å²) in [5.74, 6) is -1.41. The van der Waals surface area contributed by atoms with Gasteiger partial charge in [-0.05, 0) is 29.3 Å². The lowest BCUT2D eigenvalue weighted by Gasteiger charge is -2.37. The number of ether oxygens (including phenoxy) is 1. The highest BCUT2D eigenvalue weighted by molar-refractivity contribution is 6.32. The van der Waals surface area contributed by atoms with E-state index in [9.17, 15) is 24.5 Å². The van der Waals surface area contributed by atoms with Crippen LogP contribution in [0.15, 0.2) is 103 Å². The van der Waals surface area contributed by atoms with E-state index in [1.54, 1.807) is 61.7 Å². The second-order valence-corrected chi connectivity index (χ2v) is 10.7. The SMILES string of the molecule is COc1ccc([C@@H]2[C@H](C(=O)c3cccc([N+](=O)[O-])c3)N3c4ccccc4C=C[C@@H]3C23C(=O)c2ccccc2C3=O)cc1. The Morgan fingerprint density at radius 2 is 1.55 bits per heavy atom. The molecule has 42 heavy (non-hydrogen) atoms. The predicted octanol–water partition coefficient (Wildman–Crippen LogP) is 5.92. The van der Waals surface area contributed by atoms with Crippen molar-refractivity contribution in [2.45, 2.75) is 18.0 Å². The van der Waals surface area contributed by atoms with E-state index < -0.39 is 34.1 Å². The molecule has 3 aliphatic rings. The number of ketones is 3. The van der Waals surface area contributed by atoms with Gasteiger partial charge in [-0.1, -0.05) is 78.9 Å². The van der Waals surface area contributed by atoms with E-state index in [1.807, 2.05) is 41.3 Å². The second kappa shape index (κ2) is 9.34. The van der Waals surface area contributed by atoms with Crippen LogP contribution in [0.2, 0.25) is 0 Å². The summed E-state index contributed by atoms with van der Waals surface area (Å²) in [6.45, 7) is 0. The molecular weight excluding hydrogens is 532 g/mol. The Balaban J connectivity index is 1.53. The van der Waals surface area contributed by atoms with E-state index in [1.165, 1.54) is 18.2 Å². The van der Waals surface area contributed by atoms with Crippen molar-refractivity contribution >= 4 is 34.8 Å². The number of para-hydroxylation sites is 1. The van der Waals surface area contributed by atoms with E-state index in [0.29, 0.717) is 28.1 Å². The number of hydrogen-bond donors (Lipinski definition) is 0. The Labute approximate surface area is 241 Å². The maximum Gasteiger partial charge on any atom is 0.270 e. The van der Waals surface area contributed by atoms with Gasteiger partial charge in [0.25, 0.3) is 5.69 Å². The first kappa shape index (κ1) is 25.6. The summed E-state index contributed by atoms with van der Waals surface area (Å²) in [6, 6.07) is 25.2. The van der Waals surface area contributed by atoms with Crippen LogP contribution < -0.4 is 9.64 Å². The van der Waals surface area contributed by atoms with Gasteiger partial charge in [-0.15, -0.1) is 0 Å². The highest BCUT2D eigenvalue weighted by atomic mass is 16.6. The van der Waals surface area contributed by atoms with Crippen LogP contribution in [-0.2, 0) is 0 Å². The molecule has 2 heterocycles. The largest absolute Gasteiger partial charge is 0.497 e. The Bertz CT molecular complexity index is 1810. The number of methoxy groups -OCH3 is 1. The van der Waals surface area contributed by atoms with Crippen molar-refractivity contribution in [2.24, 2.45) is 5.41 Å². The smallest absolute Gasteiger partial charge is 0.270 e. The fourth-order valence-electron chi connectivity index (χ4n) is 7.05. The van der Waals surface area contributed by atoms with Crippen molar-refractivity contribution in [3.05, 3.63) is 141 Å². The van der Waals surface area contributed by atoms with Gasteiger partial charge in [-0.25, -0.2) is 0 Å². The van der Waals surface area contributed by atoms with Gasteiger partial charge in [0.05, 0.1) is 18.1 Å². The fraction of sp³-hybridized carbons (Fsp3) is 0.147. The molecule has 0 aromatic heterocycles. The third-order valence-electron chi connectivity index (χ3n) is 8.80. The van der Waals surface area contributed by atoms with E-state index in [0.717, 1.165) is 5.56 Å². The van der Waals surface area contributed by atoms with Crippen LogP contribution in [0.4, 0.5) is 11.4 Å². The lowest BCUT2D eigenvalue weighted by molar-refractivity contribution is -0.384. The first-order valence-corrected chi connectivity index (χ1v) is 13.5. The minimum absolute atomic E-state index is 0.131. The van der Waals surface area contributed by atoms with Crippen LogP contribution in [0.5, 0.6) is 5.75 Å². The minimum Gasteiger partial charge on any atom is -0.497 e. The number of carbonyl (C=O) groups excluding carboxylic acids is 3. The monoisotopic (exact) mass is 556 g/mol. The third kappa shape index (κ3) is 3.38. The number of carbonyl (C=O) groups is 3. The van der Waals surface area contributed by atoms with Gasteiger partial charge in [-0.2, -0.15) is 0 Å². The van der Waals surface area contributed by atoms with Crippen molar-refractivity contribution in [3.63, 3.8) is 0 Å². The lowest BCUT2D eigenvalue weighted by Crippen LogP contribution is -2.48. The van der Waals surface area contributed by atoms with Crippen molar-refractivity contribution in [1.82, 2.24) is 0 Å². The Kier molecular flexibility index (Phi) is 5.69. The number of fused-ring (bicyclic) bond motifs is 5. The molecular formula is C34H24N2O6. The van der Waals surface area contributed by atoms with Gasteiger partial charge in [-0.3, -0.25) is 24.5 Å². The number of rotatable bonds is 5. The average Bonchev–Trinajstić information content (AvgIpc) is 3.47. The van der Waals surface area contributed by atoms with Crippen molar-refractivity contribution in [1.29, 1.82) is 0 Å². The van der Waals surface area contributed by atoms with Gasteiger partial charge >= 0.3 is 0 Å². The molecule has 8 heteroatoms. The van der Waals surface area contributed by atoms with Crippen LogP contribution in [0, 0.1) is 15.5 Å². The highest BCUT2D eigenvalue weighted by Crippen LogP contribution is 2.61. The number of anilines is 1. The number of nitro benzene ring substituents is 1. The quantitative estimate of drug-likeness (QED) is 0.130. The maximum absolute atomic E-state index is 14.7. The van der Waals surface area contributed by atoms with Gasteiger partial charge in [0.2, 0.25) is 0 Å². The summed E-state index contributed by atoms with van der Waals surface area (Å²) in [5, 5.41) is 11.6. The van der Waals surface area contributed by atoms with Crippen molar-refractivity contribution < 1.29 is 24.0 Å². The molecule has 1 aliphatic carbocycles.